The molecule has 94 valence electrons. The minimum atomic E-state index is 0.223. The van der Waals surface area contributed by atoms with Gasteiger partial charge in [0.1, 0.15) is 5.75 Å². The predicted octanol–water partition coefficient (Wildman–Crippen LogP) is 3.20. The predicted molar refractivity (Wildman–Crippen MR) is 72.3 cm³/mol. The van der Waals surface area contributed by atoms with E-state index in [0.717, 1.165) is 5.56 Å². The van der Waals surface area contributed by atoms with Gasteiger partial charge in [-0.1, -0.05) is 18.2 Å². The summed E-state index contributed by atoms with van der Waals surface area (Å²) < 4.78 is 0. The van der Waals surface area contributed by atoms with Gasteiger partial charge in [0.2, 0.25) is 0 Å². The van der Waals surface area contributed by atoms with E-state index in [2.05, 4.69) is 30.2 Å². The number of rotatable bonds is 4. The van der Waals surface area contributed by atoms with Crippen molar-refractivity contribution in [2.75, 3.05) is 0 Å². The number of nitrogens with one attached hydrogen (secondary N) is 1. The maximum absolute atomic E-state index is 9.27. The lowest BCUT2D eigenvalue weighted by atomic mass is 10.1. The van der Waals surface area contributed by atoms with E-state index >= 15 is 0 Å². The fraction of sp³-hybridized carbons (Fsp3) is 0.267. The molecule has 1 aromatic carbocycles. The molecular formula is C15H18N2O. The van der Waals surface area contributed by atoms with Gasteiger partial charge in [0.25, 0.3) is 0 Å². The Morgan fingerprint density at radius 3 is 2.28 bits per heavy atom. The molecule has 0 radical (unpaired) electrons. The van der Waals surface area contributed by atoms with Crippen LogP contribution in [0.15, 0.2) is 48.8 Å². The number of nitrogens with zero attached hydrogens (tertiary/aromatic N) is 1. The zero-order chi connectivity index (χ0) is 13.0. The molecule has 3 heteroatoms. The molecule has 1 heterocycles. The largest absolute Gasteiger partial charge is 0.508 e. The SMILES string of the molecule is CC(N[C@@H](C)c1cccnc1)c1ccc(O)cc1. The van der Waals surface area contributed by atoms with Crippen LogP contribution >= 0.6 is 0 Å². The molecular weight excluding hydrogens is 224 g/mol. The van der Waals surface area contributed by atoms with Gasteiger partial charge in [0.15, 0.2) is 0 Å². The number of pyridine rings is 1. The summed E-state index contributed by atoms with van der Waals surface area (Å²) in [5.74, 6) is 0.297. The van der Waals surface area contributed by atoms with Crippen LogP contribution in [-0.2, 0) is 0 Å². The summed E-state index contributed by atoms with van der Waals surface area (Å²) >= 11 is 0. The molecule has 0 saturated carbocycles. The lowest BCUT2D eigenvalue weighted by Gasteiger charge is -2.20. The summed E-state index contributed by atoms with van der Waals surface area (Å²) in [6, 6.07) is 11.8. The fourth-order valence-electron chi connectivity index (χ4n) is 1.96. The highest BCUT2D eigenvalue weighted by Gasteiger charge is 2.10. The first-order chi connectivity index (χ1) is 8.66. The zero-order valence-electron chi connectivity index (χ0n) is 10.7. The van der Waals surface area contributed by atoms with Crippen molar-refractivity contribution in [3.63, 3.8) is 0 Å². The first kappa shape index (κ1) is 12.6. The number of benzene rings is 1. The zero-order valence-corrected chi connectivity index (χ0v) is 10.7. The Balaban J connectivity index is 2.03. The molecule has 2 atom stereocenters. The molecule has 0 amide bonds. The first-order valence-electron chi connectivity index (χ1n) is 6.11. The Kier molecular flexibility index (Phi) is 3.95. The van der Waals surface area contributed by atoms with Crippen LogP contribution in [0.3, 0.4) is 0 Å². The van der Waals surface area contributed by atoms with Crippen molar-refractivity contribution >= 4 is 0 Å². The van der Waals surface area contributed by atoms with Crippen LogP contribution in [0.2, 0.25) is 0 Å². The minimum absolute atomic E-state index is 0.223. The van der Waals surface area contributed by atoms with Crippen LogP contribution in [0, 0.1) is 0 Å². The molecule has 2 N–H and O–H groups in total. The number of phenols is 1. The second kappa shape index (κ2) is 5.65. The topological polar surface area (TPSA) is 45.2 Å². The molecule has 1 unspecified atom stereocenters. The normalized spacial score (nSPS) is 14.1. The van der Waals surface area contributed by atoms with Gasteiger partial charge in [-0.25, -0.2) is 0 Å². The molecule has 3 nitrogen and oxygen atoms in total. The minimum Gasteiger partial charge on any atom is -0.508 e. The lowest BCUT2D eigenvalue weighted by molar-refractivity contribution is 0.472. The van der Waals surface area contributed by atoms with E-state index in [0.29, 0.717) is 5.75 Å². The van der Waals surface area contributed by atoms with Crippen molar-refractivity contribution < 1.29 is 5.11 Å². The Labute approximate surface area is 108 Å². The molecule has 0 fully saturated rings. The van der Waals surface area contributed by atoms with E-state index < -0.39 is 0 Å². The summed E-state index contributed by atoms with van der Waals surface area (Å²) in [5.41, 5.74) is 2.33. The summed E-state index contributed by atoms with van der Waals surface area (Å²) in [7, 11) is 0. The van der Waals surface area contributed by atoms with E-state index in [9.17, 15) is 5.11 Å². The van der Waals surface area contributed by atoms with Gasteiger partial charge in [0, 0.05) is 24.5 Å². The third-order valence-corrected chi connectivity index (χ3v) is 3.08. The highest BCUT2D eigenvalue weighted by molar-refractivity contribution is 5.28. The molecule has 0 bridgehead atoms. The Morgan fingerprint density at radius 2 is 1.67 bits per heavy atom. The average Bonchev–Trinajstić information content (AvgIpc) is 2.40. The summed E-state index contributed by atoms with van der Waals surface area (Å²) in [6.45, 7) is 4.23. The van der Waals surface area contributed by atoms with Crippen molar-refractivity contribution in [1.29, 1.82) is 0 Å². The lowest BCUT2D eigenvalue weighted by Crippen LogP contribution is -2.22. The number of hydrogen-bond acceptors (Lipinski definition) is 3. The fourth-order valence-corrected chi connectivity index (χ4v) is 1.96. The Bertz CT molecular complexity index is 482. The first-order valence-corrected chi connectivity index (χ1v) is 6.11. The maximum Gasteiger partial charge on any atom is 0.115 e. The highest BCUT2D eigenvalue weighted by atomic mass is 16.3. The van der Waals surface area contributed by atoms with Gasteiger partial charge in [-0.15, -0.1) is 0 Å². The summed E-state index contributed by atoms with van der Waals surface area (Å²) in [5, 5.41) is 12.8. The molecule has 2 rings (SSSR count). The third-order valence-electron chi connectivity index (χ3n) is 3.08. The van der Waals surface area contributed by atoms with Crippen molar-refractivity contribution in [3.05, 3.63) is 59.9 Å². The standard InChI is InChI=1S/C15H18N2O/c1-11(13-5-7-15(18)8-6-13)17-12(2)14-4-3-9-16-10-14/h3-12,17-18H,1-2H3/t11?,12-/m0/s1. The molecule has 0 aliphatic rings. The van der Waals surface area contributed by atoms with Gasteiger partial charge in [-0.3, -0.25) is 4.98 Å². The van der Waals surface area contributed by atoms with E-state index in [1.807, 2.05) is 24.4 Å². The van der Waals surface area contributed by atoms with E-state index in [-0.39, 0.29) is 12.1 Å². The molecule has 0 aliphatic heterocycles. The van der Waals surface area contributed by atoms with E-state index in [4.69, 9.17) is 0 Å². The quantitative estimate of drug-likeness (QED) is 0.865. The molecule has 2 aromatic rings. The monoisotopic (exact) mass is 242 g/mol. The molecule has 0 aliphatic carbocycles. The van der Waals surface area contributed by atoms with Crippen LogP contribution in [0.4, 0.5) is 0 Å². The summed E-state index contributed by atoms with van der Waals surface area (Å²) in [4.78, 5) is 4.12. The van der Waals surface area contributed by atoms with Crippen LogP contribution in [-0.4, -0.2) is 10.1 Å². The highest BCUT2D eigenvalue weighted by Crippen LogP contribution is 2.20. The van der Waals surface area contributed by atoms with Gasteiger partial charge < -0.3 is 10.4 Å². The van der Waals surface area contributed by atoms with Crippen molar-refractivity contribution in [1.82, 2.24) is 10.3 Å². The van der Waals surface area contributed by atoms with Gasteiger partial charge in [-0.2, -0.15) is 0 Å². The van der Waals surface area contributed by atoms with Crippen LogP contribution in [0.5, 0.6) is 5.75 Å². The second-order valence-corrected chi connectivity index (χ2v) is 4.49. The number of hydrogen-bond donors (Lipinski definition) is 2. The van der Waals surface area contributed by atoms with Crippen molar-refractivity contribution in [3.8, 4) is 5.75 Å². The van der Waals surface area contributed by atoms with Crippen molar-refractivity contribution in [2.24, 2.45) is 0 Å². The van der Waals surface area contributed by atoms with Crippen LogP contribution in [0.1, 0.15) is 37.1 Å². The van der Waals surface area contributed by atoms with Crippen LogP contribution in [0.25, 0.3) is 0 Å². The van der Waals surface area contributed by atoms with E-state index in [1.165, 1.54) is 5.56 Å². The maximum atomic E-state index is 9.27. The second-order valence-electron chi connectivity index (χ2n) is 4.49. The molecule has 0 saturated heterocycles. The smallest absolute Gasteiger partial charge is 0.115 e. The average molecular weight is 242 g/mol. The number of aromatic hydroxyl groups is 1. The summed E-state index contributed by atoms with van der Waals surface area (Å²) in [6.07, 6.45) is 3.65. The number of phenolic OH excluding ortho intramolecular Hbond substituents is 1. The Morgan fingerprint density at radius 1 is 1.00 bits per heavy atom. The van der Waals surface area contributed by atoms with Crippen molar-refractivity contribution in [2.45, 2.75) is 25.9 Å². The van der Waals surface area contributed by atoms with Gasteiger partial charge >= 0.3 is 0 Å². The molecule has 18 heavy (non-hydrogen) atoms. The van der Waals surface area contributed by atoms with Crippen LogP contribution < -0.4 is 5.32 Å². The molecule has 1 aromatic heterocycles. The van der Waals surface area contributed by atoms with E-state index in [1.54, 1.807) is 18.3 Å². The Hall–Kier alpha value is -1.87. The molecule has 0 spiro atoms. The van der Waals surface area contributed by atoms with Gasteiger partial charge in [0.05, 0.1) is 0 Å². The number of aromatic nitrogens is 1. The third kappa shape index (κ3) is 3.08. The van der Waals surface area contributed by atoms with Gasteiger partial charge in [-0.05, 0) is 43.2 Å².